The topological polar surface area (TPSA) is 119 Å². The third kappa shape index (κ3) is 3.30. The number of aromatic carboxylic acids is 2. The van der Waals surface area contributed by atoms with E-state index in [1.165, 1.54) is 51.7 Å². The van der Waals surface area contributed by atoms with Gasteiger partial charge in [-0.3, -0.25) is 4.79 Å². The molecule has 0 radical (unpaired) electrons. The maximum Gasteiger partial charge on any atom is 0.340 e. The number of carbonyl (C=O) groups excluding carboxylic acids is 1. The molecule has 8 heteroatoms. The summed E-state index contributed by atoms with van der Waals surface area (Å²) in [4.78, 5) is 36.1. The molecule has 0 spiro atoms. The molecule has 2 N–H and O–H groups in total. The van der Waals surface area contributed by atoms with E-state index < -0.39 is 17.7 Å². The lowest BCUT2D eigenvalue weighted by molar-refractivity contribution is 0.0679. The van der Waals surface area contributed by atoms with Gasteiger partial charge < -0.3 is 24.4 Å². The van der Waals surface area contributed by atoms with Crippen LogP contribution in [0.3, 0.4) is 0 Å². The predicted octanol–water partition coefficient (Wildman–Crippen LogP) is 2.34. The van der Waals surface area contributed by atoms with Gasteiger partial charge in [-0.05, 0) is 24.3 Å². The highest BCUT2D eigenvalue weighted by atomic mass is 16.5. The van der Waals surface area contributed by atoms with Crippen LogP contribution in [0.4, 0.5) is 0 Å². The summed E-state index contributed by atoms with van der Waals surface area (Å²) in [5, 5.41) is 18.8. The molecule has 0 saturated carbocycles. The first-order chi connectivity index (χ1) is 12.3. The normalized spacial score (nSPS) is 10.1. The minimum atomic E-state index is -1.36. The van der Waals surface area contributed by atoms with Crippen LogP contribution in [-0.2, 0) is 0 Å². The van der Waals surface area contributed by atoms with E-state index in [4.69, 9.17) is 14.2 Å². The Morgan fingerprint density at radius 2 is 1.46 bits per heavy atom. The number of benzene rings is 2. The number of rotatable bonds is 7. The summed E-state index contributed by atoms with van der Waals surface area (Å²) >= 11 is 0. The Hall–Kier alpha value is -3.55. The summed E-state index contributed by atoms with van der Waals surface area (Å²) in [5.74, 6) is -3.48. The van der Waals surface area contributed by atoms with Crippen molar-refractivity contribution in [2.24, 2.45) is 0 Å². The average molecular weight is 360 g/mol. The highest BCUT2D eigenvalue weighted by Gasteiger charge is 2.27. The Morgan fingerprint density at radius 3 is 1.96 bits per heavy atom. The second-order valence-corrected chi connectivity index (χ2v) is 5.08. The number of hydrogen-bond acceptors (Lipinski definition) is 6. The summed E-state index contributed by atoms with van der Waals surface area (Å²) < 4.78 is 15.2. The number of methoxy groups -OCH3 is 3. The van der Waals surface area contributed by atoms with Gasteiger partial charge in [0.15, 0.2) is 5.78 Å². The van der Waals surface area contributed by atoms with Gasteiger partial charge in [-0.25, -0.2) is 9.59 Å². The average Bonchev–Trinajstić information content (AvgIpc) is 2.65. The molecule has 0 unspecified atom stereocenters. The molecule has 0 aliphatic rings. The fraction of sp³-hybridized carbons (Fsp3) is 0.167. The largest absolute Gasteiger partial charge is 0.497 e. The molecule has 0 aromatic heterocycles. The van der Waals surface area contributed by atoms with Crippen molar-refractivity contribution in [3.63, 3.8) is 0 Å². The smallest absolute Gasteiger partial charge is 0.340 e. The quantitative estimate of drug-likeness (QED) is 0.722. The van der Waals surface area contributed by atoms with Crippen LogP contribution in [-0.4, -0.2) is 49.3 Å². The molecular weight excluding hydrogens is 344 g/mol. The van der Waals surface area contributed by atoms with Crippen molar-refractivity contribution < 1.29 is 38.8 Å². The molecule has 2 rings (SSSR count). The Balaban J connectivity index is 2.77. The lowest BCUT2D eigenvalue weighted by atomic mass is 9.95. The highest BCUT2D eigenvalue weighted by Crippen LogP contribution is 2.33. The zero-order chi connectivity index (χ0) is 19.4. The maximum absolute atomic E-state index is 13.0. The monoisotopic (exact) mass is 360 g/mol. The number of ketones is 1. The van der Waals surface area contributed by atoms with E-state index in [1.807, 2.05) is 0 Å². The molecule has 26 heavy (non-hydrogen) atoms. The Kier molecular flexibility index (Phi) is 5.46. The van der Waals surface area contributed by atoms with Crippen molar-refractivity contribution in [3.8, 4) is 17.2 Å². The van der Waals surface area contributed by atoms with E-state index in [9.17, 15) is 24.6 Å². The van der Waals surface area contributed by atoms with Crippen molar-refractivity contribution in [3.05, 3.63) is 52.6 Å². The molecule has 0 bridgehead atoms. The van der Waals surface area contributed by atoms with E-state index in [1.54, 1.807) is 0 Å². The van der Waals surface area contributed by atoms with Crippen LogP contribution in [0.25, 0.3) is 0 Å². The van der Waals surface area contributed by atoms with Gasteiger partial charge in [-0.15, -0.1) is 0 Å². The minimum absolute atomic E-state index is 0.00340. The highest BCUT2D eigenvalue weighted by molar-refractivity contribution is 6.17. The van der Waals surface area contributed by atoms with E-state index in [0.29, 0.717) is 0 Å². The van der Waals surface area contributed by atoms with Gasteiger partial charge in [0.05, 0.1) is 26.9 Å². The first-order valence-electron chi connectivity index (χ1n) is 7.30. The summed E-state index contributed by atoms with van der Waals surface area (Å²) in [7, 11) is 3.81. The van der Waals surface area contributed by atoms with Crippen molar-refractivity contribution >= 4 is 17.7 Å². The van der Waals surface area contributed by atoms with Crippen LogP contribution >= 0.6 is 0 Å². The SMILES string of the molecule is COc1cc(C(=O)O)c(OC)c(C(=O)c2cccc(OC)c2C(=O)O)c1. The molecular formula is C18H16O8. The fourth-order valence-electron chi connectivity index (χ4n) is 2.52. The van der Waals surface area contributed by atoms with Gasteiger partial charge in [0.1, 0.15) is 28.4 Å². The molecule has 0 fully saturated rings. The van der Waals surface area contributed by atoms with Gasteiger partial charge in [-0.2, -0.15) is 0 Å². The van der Waals surface area contributed by atoms with Crippen LogP contribution < -0.4 is 14.2 Å². The maximum atomic E-state index is 13.0. The first kappa shape index (κ1) is 18.8. The molecule has 0 saturated heterocycles. The fourth-order valence-corrected chi connectivity index (χ4v) is 2.52. The summed E-state index contributed by atoms with van der Waals surface area (Å²) in [6, 6.07) is 6.68. The van der Waals surface area contributed by atoms with E-state index >= 15 is 0 Å². The molecule has 0 aliphatic carbocycles. The van der Waals surface area contributed by atoms with Crippen molar-refractivity contribution in [1.29, 1.82) is 0 Å². The number of hydrogen-bond donors (Lipinski definition) is 2. The Bertz CT molecular complexity index is 885. The molecule has 0 aliphatic heterocycles. The van der Waals surface area contributed by atoms with Crippen molar-refractivity contribution in [2.75, 3.05) is 21.3 Å². The van der Waals surface area contributed by atoms with Crippen LogP contribution in [0.1, 0.15) is 36.6 Å². The third-order valence-corrected chi connectivity index (χ3v) is 3.68. The first-order valence-corrected chi connectivity index (χ1v) is 7.30. The lowest BCUT2D eigenvalue weighted by Gasteiger charge is -2.15. The summed E-state index contributed by atoms with van der Waals surface area (Å²) in [6.07, 6.45) is 0. The number of ether oxygens (including phenoxy) is 3. The second-order valence-electron chi connectivity index (χ2n) is 5.08. The molecule has 0 amide bonds. The van der Waals surface area contributed by atoms with E-state index in [0.717, 1.165) is 0 Å². The van der Waals surface area contributed by atoms with Crippen LogP contribution in [0.5, 0.6) is 17.2 Å². The minimum Gasteiger partial charge on any atom is -0.497 e. The van der Waals surface area contributed by atoms with Gasteiger partial charge in [0.25, 0.3) is 0 Å². The third-order valence-electron chi connectivity index (χ3n) is 3.68. The zero-order valence-corrected chi connectivity index (χ0v) is 14.2. The molecule has 0 atom stereocenters. The molecule has 136 valence electrons. The number of carboxylic acids is 2. The number of carbonyl (C=O) groups is 3. The van der Waals surface area contributed by atoms with E-state index in [2.05, 4.69) is 0 Å². The van der Waals surface area contributed by atoms with Gasteiger partial charge in [-0.1, -0.05) is 6.07 Å². The summed E-state index contributed by atoms with van der Waals surface area (Å²) in [6.45, 7) is 0. The lowest BCUT2D eigenvalue weighted by Crippen LogP contribution is -2.14. The standard InChI is InChI=1S/C18H16O8/c1-24-9-7-11(16(26-3)12(8-9)17(20)21)15(19)10-5-4-6-13(25-2)14(10)18(22)23/h4-8H,1-3H3,(H,20,21)(H,22,23). The molecule has 8 nitrogen and oxygen atoms in total. The van der Waals surface area contributed by atoms with Crippen molar-refractivity contribution in [1.82, 2.24) is 0 Å². The summed E-state index contributed by atoms with van der Waals surface area (Å²) in [5.41, 5.74) is -0.920. The molecule has 2 aromatic carbocycles. The Labute approximate surface area is 148 Å². The second kappa shape index (κ2) is 7.56. The molecule has 2 aromatic rings. The van der Waals surface area contributed by atoms with Crippen LogP contribution in [0, 0.1) is 0 Å². The zero-order valence-electron chi connectivity index (χ0n) is 14.2. The van der Waals surface area contributed by atoms with Crippen LogP contribution in [0.2, 0.25) is 0 Å². The Morgan fingerprint density at radius 1 is 0.808 bits per heavy atom. The van der Waals surface area contributed by atoms with E-state index in [-0.39, 0.29) is 39.5 Å². The van der Waals surface area contributed by atoms with Gasteiger partial charge in [0.2, 0.25) is 0 Å². The number of carboxylic acid groups (broad SMARTS) is 2. The van der Waals surface area contributed by atoms with Crippen LogP contribution in [0.15, 0.2) is 30.3 Å². The van der Waals surface area contributed by atoms with Gasteiger partial charge in [0, 0.05) is 5.56 Å². The van der Waals surface area contributed by atoms with Gasteiger partial charge >= 0.3 is 11.9 Å². The predicted molar refractivity (Wildman–Crippen MR) is 89.9 cm³/mol. The molecule has 0 heterocycles. The van der Waals surface area contributed by atoms with Crippen molar-refractivity contribution in [2.45, 2.75) is 0 Å².